The number of rotatable bonds is 8. The summed E-state index contributed by atoms with van der Waals surface area (Å²) in [5.74, 6) is 1.73. The van der Waals surface area contributed by atoms with Gasteiger partial charge in [-0.3, -0.25) is 19.3 Å². The topological polar surface area (TPSA) is 73.0 Å². The first kappa shape index (κ1) is 24.0. The molecule has 176 valence electrons. The lowest BCUT2D eigenvalue weighted by Crippen LogP contribution is -2.67. The van der Waals surface area contributed by atoms with E-state index in [0.717, 1.165) is 45.1 Å². The minimum Gasteiger partial charge on any atom is -0.355 e. The fourth-order valence-corrected chi connectivity index (χ4v) is 6.02. The van der Waals surface area contributed by atoms with Crippen LogP contribution in [0.3, 0.4) is 0 Å². The standard InChI is InChI=1S/C24H42N4O3/c1-6-18(14-26(5)15-23(30)25-7-2)20-10-11-21-22(12-20)27(24(31)19-8-9-19)13-16(3)28(21)17(4)29/h16,18-22H,6-15H2,1-5H3,(H,25,30). The Morgan fingerprint density at radius 3 is 2.39 bits per heavy atom. The van der Waals surface area contributed by atoms with Crippen molar-refractivity contribution in [3.05, 3.63) is 0 Å². The molecule has 0 aromatic rings. The predicted octanol–water partition coefficient (Wildman–Crippen LogP) is 2.11. The number of fused-ring (bicyclic) bond motifs is 1. The molecule has 5 unspecified atom stereocenters. The second kappa shape index (κ2) is 10.3. The second-order valence-corrected chi connectivity index (χ2v) is 10.1. The highest BCUT2D eigenvalue weighted by molar-refractivity contribution is 5.82. The second-order valence-electron chi connectivity index (χ2n) is 10.1. The zero-order valence-corrected chi connectivity index (χ0v) is 20.1. The Hall–Kier alpha value is -1.63. The maximum atomic E-state index is 13.1. The Morgan fingerprint density at radius 2 is 1.81 bits per heavy atom. The van der Waals surface area contributed by atoms with E-state index in [1.54, 1.807) is 6.92 Å². The largest absolute Gasteiger partial charge is 0.355 e. The van der Waals surface area contributed by atoms with Crippen molar-refractivity contribution < 1.29 is 14.4 Å². The Bertz CT molecular complexity index is 665. The van der Waals surface area contributed by atoms with Gasteiger partial charge in [0.05, 0.1) is 18.6 Å². The Balaban J connectivity index is 1.71. The maximum Gasteiger partial charge on any atom is 0.234 e. The van der Waals surface area contributed by atoms with Gasteiger partial charge in [-0.2, -0.15) is 0 Å². The van der Waals surface area contributed by atoms with Gasteiger partial charge in [0.25, 0.3) is 0 Å². The van der Waals surface area contributed by atoms with Gasteiger partial charge in [-0.1, -0.05) is 13.3 Å². The van der Waals surface area contributed by atoms with Gasteiger partial charge in [-0.05, 0) is 64.8 Å². The minimum absolute atomic E-state index is 0.0723. The number of likely N-dealkylation sites (N-methyl/N-ethyl adjacent to an activating group) is 2. The molecule has 31 heavy (non-hydrogen) atoms. The average molecular weight is 435 g/mol. The fourth-order valence-electron chi connectivity index (χ4n) is 6.02. The van der Waals surface area contributed by atoms with E-state index in [1.165, 1.54) is 0 Å². The van der Waals surface area contributed by atoms with E-state index in [2.05, 4.69) is 33.9 Å². The summed E-state index contributed by atoms with van der Waals surface area (Å²) in [4.78, 5) is 43.8. The van der Waals surface area contributed by atoms with Crippen molar-refractivity contribution in [2.24, 2.45) is 17.8 Å². The molecule has 0 aromatic carbocycles. The molecule has 0 radical (unpaired) electrons. The molecule has 5 atom stereocenters. The van der Waals surface area contributed by atoms with Gasteiger partial charge in [-0.15, -0.1) is 0 Å². The molecule has 3 amide bonds. The van der Waals surface area contributed by atoms with Crippen molar-refractivity contribution in [2.45, 2.75) is 84.3 Å². The molecule has 1 heterocycles. The van der Waals surface area contributed by atoms with Gasteiger partial charge in [0, 0.05) is 38.5 Å². The summed E-state index contributed by atoms with van der Waals surface area (Å²) in [5.41, 5.74) is 0. The number of amides is 3. The molecule has 2 aliphatic carbocycles. The predicted molar refractivity (Wildman–Crippen MR) is 121 cm³/mol. The summed E-state index contributed by atoms with van der Waals surface area (Å²) in [6.07, 6.45) is 6.10. The molecule has 3 fully saturated rings. The van der Waals surface area contributed by atoms with E-state index in [0.29, 0.717) is 37.4 Å². The summed E-state index contributed by atoms with van der Waals surface area (Å²) in [6, 6.07) is 0.364. The summed E-state index contributed by atoms with van der Waals surface area (Å²) >= 11 is 0. The van der Waals surface area contributed by atoms with Crippen LogP contribution < -0.4 is 5.32 Å². The van der Waals surface area contributed by atoms with Crippen LogP contribution in [-0.4, -0.2) is 83.8 Å². The van der Waals surface area contributed by atoms with Crippen molar-refractivity contribution in [3.8, 4) is 0 Å². The summed E-state index contributed by atoms with van der Waals surface area (Å²) in [7, 11) is 2.02. The van der Waals surface area contributed by atoms with Crippen molar-refractivity contribution in [1.29, 1.82) is 0 Å². The number of piperazine rings is 1. The number of carbonyl (C=O) groups excluding carboxylic acids is 3. The van der Waals surface area contributed by atoms with Crippen LogP contribution in [0.2, 0.25) is 0 Å². The van der Waals surface area contributed by atoms with E-state index in [1.807, 2.05) is 14.0 Å². The normalized spacial score (nSPS) is 29.5. The highest BCUT2D eigenvalue weighted by Crippen LogP contribution is 2.42. The summed E-state index contributed by atoms with van der Waals surface area (Å²) in [5, 5.41) is 2.88. The quantitative estimate of drug-likeness (QED) is 0.635. The van der Waals surface area contributed by atoms with Crippen LogP contribution >= 0.6 is 0 Å². The first-order valence-electron chi connectivity index (χ1n) is 12.3. The van der Waals surface area contributed by atoms with Crippen molar-refractivity contribution >= 4 is 17.7 Å². The van der Waals surface area contributed by atoms with E-state index in [4.69, 9.17) is 0 Å². The molecule has 3 rings (SSSR count). The Kier molecular flexibility index (Phi) is 8.00. The number of hydrogen-bond acceptors (Lipinski definition) is 4. The zero-order chi connectivity index (χ0) is 22.7. The van der Waals surface area contributed by atoms with Gasteiger partial charge >= 0.3 is 0 Å². The number of hydrogen-bond donors (Lipinski definition) is 1. The van der Waals surface area contributed by atoms with Crippen LogP contribution in [0.4, 0.5) is 0 Å². The molecule has 0 spiro atoms. The third-order valence-corrected chi connectivity index (χ3v) is 7.61. The van der Waals surface area contributed by atoms with Crippen LogP contribution in [0, 0.1) is 17.8 Å². The molecule has 1 aliphatic heterocycles. The van der Waals surface area contributed by atoms with E-state index < -0.39 is 0 Å². The van der Waals surface area contributed by atoms with Gasteiger partial charge in [0.2, 0.25) is 17.7 Å². The first-order chi connectivity index (χ1) is 14.8. The van der Waals surface area contributed by atoms with E-state index in [9.17, 15) is 14.4 Å². The Morgan fingerprint density at radius 1 is 1.10 bits per heavy atom. The van der Waals surface area contributed by atoms with Crippen LogP contribution in [0.5, 0.6) is 0 Å². The third kappa shape index (κ3) is 5.60. The molecular weight excluding hydrogens is 392 g/mol. The van der Waals surface area contributed by atoms with Gasteiger partial charge < -0.3 is 15.1 Å². The van der Waals surface area contributed by atoms with Gasteiger partial charge in [-0.25, -0.2) is 0 Å². The fraction of sp³-hybridized carbons (Fsp3) is 0.875. The van der Waals surface area contributed by atoms with Crippen LogP contribution in [-0.2, 0) is 14.4 Å². The van der Waals surface area contributed by atoms with Crippen molar-refractivity contribution in [2.75, 3.05) is 33.2 Å². The lowest BCUT2D eigenvalue weighted by atomic mass is 9.72. The highest BCUT2D eigenvalue weighted by Gasteiger charge is 2.49. The molecular formula is C24H42N4O3. The molecule has 7 heteroatoms. The first-order valence-corrected chi connectivity index (χ1v) is 12.3. The molecule has 2 saturated carbocycles. The average Bonchev–Trinajstić information content (AvgIpc) is 3.55. The molecule has 0 bridgehead atoms. The third-order valence-electron chi connectivity index (χ3n) is 7.61. The van der Waals surface area contributed by atoms with E-state index in [-0.39, 0.29) is 35.9 Å². The van der Waals surface area contributed by atoms with Crippen LogP contribution in [0.15, 0.2) is 0 Å². The Labute approximate surface area is 187 Å². The van der Waals surface area contributed by atoms with Gasteiger partial charge in [0.1, 0.15) is 0 Å². The monoisotopic (exact) mass is 434 g/mol. The number of carbonyl (C=O) groups is 3. The van der Waals surface area contributed by atoms with Crippen LogP contribution in [0.1, 0.15) is 66.2 Å². The smallest absolute Gasteiger partial charge is 0.234 e. The molecule has 1 N–H and O–H groups in total. The molecule has 0 aromatic heterocycles. The minimum atomic E-state index is 0.0723. The highest BCUT2D eigenvalue weighted by atomic mass is 16.2. The zero-order valence-electron chi connectivity index (χ0n) is 20.1. The molecule has 7 nitrogen and oxygen atoms in total. The lowest BCUT2D eigenvalue weighted by molar-refractivity contribution is -0.155. The van der Waals surface area contributed by atoms with Gasteiger partial charge in [0.15, 0.2) is 0 Å². The van der Waals surface area contributed by atoms with Crippen LogP contribution in [0.25, 0.3) is 0 Å². The van der Waals surface area contributed by atoms with E-state index >= 15 is 0 Å². The lowest BCUT2D eigenvalue weighted by Gasteiger charge is -2.55. The van der Waals surface area contributed by atoms with Crippen molar-refractivity contribution in [3.63, 3.8) is 0 Å². The summed E-state index contributed by atoms with van der Waals surface area (Å²) in [6.45, 7) is 10.6. The summed E-state index contributed by atoms with van der Waals surface area (Å²) < 4.78 is 0. The SMILES string of the molecule is CCNC(=O)CN(C)CC(CC)C1CCC2C(C1)N(C(=O)C1CC1)CC(C)N2C(C)=O. The van der Waals surface area contributed by atoms with Crippen molar-refractivity contribution in [1.82, 2.24) is 20.0 Å². The molecule has 3 aliphatic rings. The maximum absolute atomic E-state index is 13.1. The molecule has 1 saturated heterocycles. The number of nitrogens with one attached hydrogen (secondary N) is 1. The number of nitrogens with zero attached hydrogens (tertiary/aromatic N) is 3.